The van der Waals surface area contributed by atoms with E-state index in [1.165, 1.54) is 5.56 Å². The molecule has 0 spiro atoms. The predicted octanol–water partition coefficient (Wildman–Crippen LogP) is 3.57. The van der Waals surface area contributed by atoms with Crippen LogP contribution < -0.4 is 19.7 Å². The zero-order valence-corrected chi connectivity index (χ0v) is 19.2. The first kappa shape index (κ1) is 22.4. The topological polar surface area (TPSA) is 79.8 Å². The van der Waals surface area contributed by atoms with Gasteiger partial charge in [-0.1, -0.05) is 29.8 Å². The molecule has 2 aromatic carbocycles. The normalized spacial score (nSPS) is 13.5. The van der Waals surface area contributed by atoms with Crippen LogP contribution in [0.25, 0.3) is 0 Å². The summed E-state index contributed by atoms with van der Waals surface area (Å²) in [5.74, 6) is 2.56. The fraction of sp³-hybridized carbons (Fsp3) is 0.320. The predicted molar refractivity (Wildman–Crippen MR) is 129 cm³/mol. The Bertz CT molecular complexity index is 1100. The second-order valence-electron chi connectivity index (χ2n) is 7.99. The minimum atomic E-state index is -0.0406. The van der Waals surface area contributed by atoms with E-state index in [2.05, 4.69) is 22.1 Å². The molecule has 172 valence electrons. The van der Waals surface area contributed by atoms with Crippen molar-refractivity contribution in [1.29, 1.82) is 0 Å². The van der Waals surface area contributed by atoms with Crippen molar-refractivity contribution >= 4 is 23.4 Å². The van der Waals surface area contributed by atoms with Gasteiger partial charge in [0.05, 0.1) is 7.11 Å². The summed E-state index contributed by atoms with van der Waals surface area (Å²) >= 11 is 0. The number of nitrogens with zero attached hydrogens (tertiary/aromatic N) is 4. The molecule has 1 amide bonds. The van der Waals surface area contributed by atoms with Gasteiger partial charge in [0, 0.05) is 43.6 Å². The van der Waals surface area contributed by atoms with Crippen molar-refractivity contribution in [2.24, 2.45) is 0 Å². The van der Waals surface area contributed by atoms with Crippen LogP contribution in [0.15, 0.2) is 54.6 Å². The number of benzene rings is 2. The lowest BCUT2D eigenvalue weighted by atomic mass is 10.2. The SMILES string of the molecule is COc1ccccc1OCC(=O)N1CCN(c2cc(C)nc(Nc3ccc(C)cc3)n2)CC1. The molecule has 1 aliphatic rings. The number of rotatable bonds is 7. The molecule has 1 saturated heterocycles. The van der Waals surface area contributed by atoms with Crippen LogP contribution in [0.3, 0.4) is 0 Å². The smallest absolute Gasteiger partial charge is 0.260 e. The molecule has 3 aromatic rings. The van der Waals surface area contributed by atoms with E-state index in [-0.39, 0.29) is 12.5 Å². The van der Waals surface area contributed by atoms with Crippen molar-refractivity contribution in [2.45, 2.75) is 13.8 Å². The number of methoxy groups -OCH3 is 1. The van der Waals surface area contributed by atoms with Gasteiger partial charge in [-0.2, -0.15) is 4.98 Å². The lowest BCUT2D eigenvalue weighted by molar-refractivity contribution is -0.133. The monoisotopic (exact) mass is 447 g/mol. The highest BCUT2D eigenvalue weighted by atomic mass is 16.5. The van der Waals surface area contributed by atoms with Crippen LogP contribution in [0.2, 0.25) is 0 Å². The highest BCUT2D eigenvalue weighted by Gasteiger charge is 2.23. The summed E-state index contributed by atoms with van der Waals surface area (Å²) < 4.78 is 11.0. The molecule has 1 aliphatic heterocycles. The number of anilines is 3. The molecule has 8 heteroatoms. The number of hydrogen-bond acceptors (Lipinski definition) is 7. The first-order valence-electron chi connectivity index (χ1n) is 11.0. The minimum Gasteiger partial charge on any atom is -0.493 e. The fourth-order valence-corrected chi connectivity index (χ4v) is 3.69. The molecular weight excluding hydrogens is 418 g/mol. The maximum Gasteiger partial charge on any atom is 0.260 e. The standard InChI is InChI=1S/C25H29N5O3/c1-18-8-10-20(11-9-18)27-25-26-19(2)16-23(28-25)29-12-14-30(15-13-29)24(31)17-33-22-7-5-4-6-21(22)32-3/h4-11,16H,12-15,17H2,1-3H3,(H,26,27,28). The average Bonchev–Trinajstić information content (AvgIpc) is 2.84. The summed E-state index contributed by atoms with van der Waals surface area (Å²) in [7, 11) is 1.58. The molecule has 4 rings (SSSR count). The first-order valence-corrected chi connectivity index (χ1v) is 11.0. The molecular formula is C25H29N5O3. The van der Waals surface area contributed by atoms with E-state index < -0.39 is 0 Å². The Morgan fingerprint density at radius 2 is 1.67 bits per heavy atom. The number of nitrogens with one attached hydrogen (secondary N) is 1. The van der Waals surface area contributed by atoms with Crippen molar-refractivity contribution in [2.75, 3.05) is 50.1 Å². The van der Waals surface area contributed by atoms with Crippen LogP contribution in [0.4, 0.5) is 17.5 Å². The van der Waals surface area contributed by atoms with E-state index >= 15 is 0 Å². The van der Waals surface area contributed by atoms with Gasteiger partial charge in [-0.05, 0) is 38.1 Å². The van der Waals surface area contributed by atoms with Crippen LogP contribution in [0, 0.1) is 13.8 Å². The van der Waals surface area contributed by atoms with Crippen molar-refractivity contribution in [3.63, 3.8) is 0 Å². The van der Waals surface area contributed by atoms with Crippen molar-refractivity contribution in [3.05, 3.63) is 65.9 Å². The second-order valence-corrected chi connectivity index (χ2v) is 7.99. The van der Waals surface area contributed by atoms with Gasteiger partial charge in [-0.25, -0.2) is 4.98 Å². The summed E-state index contributed by atoms with van der Waals surface area (Å²) in [5.41, 5.74) is 3.04. The van der Waals surface area contributed by atoms with Crippen molar-refractivity contribution in [3.8, 4) is 11.5 Å². The van der Waals surface area contributed by atoms with Crippen molar-refractivity contribution in [1.82, 2.24) is 14.9 Å². The number of aromatic nitrogens is 2. The summed E-state index contributed by atoms with van der Waals surface area (Å²) in [6.07, 6.45) is 0. The van der Waals surface area contributed by atoms with Gasteiger partial charge in [-0.3, -0.25) is 4.79 Å². The zero-order valence-electron chi connectivity index (χ0n) is 19.2. The lowest BCUT2D eigenvalue weighted by Gasteiger charge is -2.35. The third kappa shape index (κ3) is 5.71. The largest absolute Gasteiger partial charge is 0.493 e. The molecule has 0 bridgehead atoms. The molecule has 1 N–H and O–H groups in total. The number of hydrogen-bond donors (Lipinski definition) is 1. The maximum absolute atomic E-state index is 12.7. The zero-order chi connectivity index (χ0) is 23.2. The Balaban J connectivity index is 1.34. The number of ether oxygens (including phenoxy) is 2. The maximum atomic E-state index is 12.7. The van der Waals surface area contributed by atoms with Gasteiger partial charge in [-0.15, -0.1) is 0 Å². The quantitative estimate of drug-likeness (QED) is 0.593. The van der Waals surface area contributed by atoms with Gasteiger partial charge in [0.15, 0.2) is 18.1 Å². The van der Waals surface area contributed by atoms with Crippen molar-refractivity contribution < 1.29 is 14.3 Å². The highest BCUT2D eigenvalue weighted by molar-refractivity contribution is 5.78. The van der Waals surface area contributed by atoms with Gasteiger partial charge in [0.25, 0.3) is 5.91 Å². The van der Waals surface area contributed by atoms with Crippen LogP contribution in [-0.4, -0.2) is 60.7 Å². The van der Waals surface area contributed by atoms with Gasteiger partial charge in [0.1, 0.15) is 5.82 Å². The number of piperazine rings is 1. The molecule has 2 heterocycles. The third-order valence-corrected chi connectivity index (χ3v) is 5.52. The van der Waals surface area contributed by atoms with Gasteiger partial charge in [0.2, 0.25) is 5.95 Å². The number of carbonyl (C=O) groups is 1. The molecule has 33 heavy (non-hydrogen) atoms. The molecule has 1 aromatic heterocycles. The fourth-order valence-electron chi connectivity index (χ4n) is 3.69. The summed E-state index contributed by atoms with van der Waals surface area (Å²) in [6.45, 7) is 6.61. The van der Waals surface area contributed by atoms with Gasteiger partial charge < -0.3 is 24.6 Å². The van der Waals surface area contributed by atoms with Crippen LogP contribution in [0.5, 0.6) is 11.5 Å². The Morgan fingerprint density at radius 3 is 2.36 bits per heavy atom. The third-order valence-electron chi connectivity index (χ3n) is 5.52. The molecule has 0 atom stereocenters. The van der Waals surface area contributed by atoms with Crippen LogP contribution >= 0.6 is 0 Å². The minimum absolute atomic E-state index is 0.0163. The van der Waals surface area contributed by atoms with Crippen LogP contribution in [0.1, 0.15) is 11.3 Å². The lowest BCUT2D eigenvalue weighted by Crippen LogP contribution is -2.50. The number of carbonyl (C=O) groups excluding carboxylic acids is 1. The van der Waals surface area contributed by atoms with E-state index in [1.54, 1.807) is 13.2 Å². The average molecular weight is 448 g/mol. The van der Waals surface area contributed by atoms with E-state index in [0.29, 0.717) is 43.6 Å². The molecule has 0 radical (unpaired) electrons. The number of para-hydroxylation sites is 2. The van der Waals surface area contributed by atoms with E-state index in [4.69, 9.17) is 14.5 Å². The Labute approximate surface area is 194 Å². The molecule has 8 nitrogen and oxygen atoms in total. The first-order chi connectivity index (χ1) is 16.0. The van der Waals surface area contributed by atoms with E-state index in [1.807, 2.05) is 60.4 Å². The second kappa shape index (κ2) is 10.2. The van der Waals surface area contributed by atoms with Gasteiger partial charge >= 0.3 is 0 Å². The molecule has 0 aliphatic carbocycles. The summed E-state index contributed by atoms with van der Waals surface area (Å²) in [5, 5.41) is 3.28. The highest BCUT2D eigenvalue weighted by Crippen LogP contribution is 2.26. The molecule has 0 saturated carbocycles. The summed E-state index contributed by atoms with van der Waals surface area (Å²) in [6, 6.07) is 17.4. The number of aryl methyl sites for hydroxylation is 2. The summed E-state index contributed by atoms with van der Waals surface area (Å²) in [4.78, 5) is 25.9. The van der Waals surface area contributed by atoms with E-state index in [9.17, 15) is 4.79 Å². The van der Waals surface area contributed by atoms with E-state index in [0.717, 1.165) is 17.2 Å². The molecule has 0 unspecified atom stereocenters. The Morgan fingerprint density at radius 1 is 0.970 bits per heavy atom. The van der Waals surface area contributed by atoms with Crippen LogP contribution in [-0.2, 0) is 4.79 Å². The Kier molecular flexibility index (Phi) is 6.92. The Hall–Kier alpha value is -3.81. The number of amides is 1. The molecule has 1 fully saturated rings.